The summed E-state index contributed by atoms with van der Waals surface area (Å²) in [6.07, 6.45) is 0. The summed E-state index contributed by atoms with van der Waals surface area (Å²) >= 11 is 0. The summed E-state index contributed by atoms with van der Waals surface area (Å²) < 4.78 is 15.1. The predicted molar refractivity (Wildman–Crippen MR) is 272 cm³/mol. The zero-order valence-electron chi connectivity index (χ0n) is 35.4. The van der Waals surface area contributed by atoms with Gasteiger partial charge >= 0.3 is 0 Å². The highest BCUT2D eigenvalue weighted by Gasteiger charge is 2.52. The smallest absolute Gasteiger partial charge is 0.261 e. The molecule has 16 rings (SSSR count). The Morgan fingerprint density at radius 3 is 0.924 bits per heavy atom. The summed E-state index contributed by atoms with van der Waals surface area (Å²) in [4.78, 5) is 9.76. The van der Waals surface area contributed by atoms with Crippen LogP contribution in [0.4, 0.5) is 68.2 Å². The van der Waals surface area contributed by atoms with Gasteiger partial charge in [-0.3, -0.25) is 0 Å². The first-order chi connectivity index (χ1) is 32.8. The molecule has 0 atom stereocenters. The number of hydrogen-bond acceptors (Lipinski definition) is 6. The molecule has 0 N–H and O–H groups in total. The Morgan fingerprint density at radius 1 is 0.273 bits per heavy atom. The van der Waals surface area contributed by atoms with Gasteiger partial charge in [-0.05, 0) is 147 Å². The number of anilines is 12. The highest BCUT2D eigenvalue weighted by Crippen LogP contribution is 2.55. The first-order valence-corrected chi connectivity index (χ1v) is 22.8. The van der Waals surface area contributed by atoms with Crippen LogP contribution in [0.15, 0.2) is 206 Å². The molecule has 0 aromatic heterocycles. The second-order valence-electron chi connectivity index (χ2n) is 17.9. The maximum absolute atomic E-state index is 7.55. The van der Waals surface area contributed by atoms with E-state index in [0.29, 0.717) is 0 Å². The van der Waals surface area contributed by atoms with Crippen molar-refractivity contribution in [3.63, 3.8) is 0 Å². The van der Waals surface area contributed by atoms with Crippen molar-refractivity contribution in [2.75, 3.05) is 19.6 Å². The van der Waals surface area contributed by atoms with Crippen molar-refractivity contribution in [3.05, 3.63) is 206 Å². The van der Waals surface area contributed by atoms with Gasteiger partial charge in [0.15, 0.2) is 0 Å². The molecule has 6 nitrogen and oxygen atoms in total. The van der Waals surface area contributed by atoms with E-state index in [1.807, 2.05) is 0 Å². The van der Waals surface area contributed by atoms with Gasteiger partial charge in [0.05, 0.1) is 5.39 Å². The minimum Gasteiger partial charge on any atom is -0.457 e. The van der Waals surface area contributed by atoms with Crippen LogP contribution in [-0.4, -0.2) is 13.4 Å². The molecule has 0 saturated carbocycles. The lowest BCUT2D eigenvalue weighted by Crippen LogP contribution is -2.64. The normalized spacial score (nSPS) is 14.4. The lowest BCUT2D eigenvalue weighted by molar-refractivity contribution is 0.477. The number of hydrogen-bond donors (Lipinski definition) is 0. The Hall–Kier alpha value is -8.61. The minimum atomic E-state index is -0.0848. The first-order valence-electron chi connectivity index (χ1n) is 22.8. The van der Waals surface area contributed by atoms with Crippen LogP contribution in [0.3, 0.4) is 0 Å². The summed E-state index contributed by atoms with van der Waals surface area (Å²) in [5.74, 6) is 3.46. The van der Waals surface area contributed by atoms with Gasteiger partial charge in [0.25, 0.3) is 13.4 Å². The van der Waals surface area contributed by atoms with Gasteiger partial charge in [0.1, 0.15) is 23.0 Å². The zero-order chi connectivity index (χ0) is 42.8. The molecule has 6 heterocycles. The van der Waals surface area contributed by atoms with Gasteiger partial charge in [-0.15, -0.1) is 0 Å². The molecular formula is C58H34B2N4O2. The molecule has 0 radical (unpaired) electrons. The molecule has 6 aliphatic rings. The molecule has 0 fully saturated rings. The van der Waals surface area contributed by atoms with Gasteiger partial charge in [-0.1, -0.05) is 97.1 Å². The van der Waals surface area contributed by atoms with Crippen LogP contribution in [-0.2, 0) is 0 Å². The fourth-order valence-electron chi connectivity index (χ4n) is 12.3. The van der Waals surface area contributed by atoms with Crippen LogP contribution in [0.25, 0.3) is 10.8 Å². The van der Waals surface area contributed by atoms with Crippen LogP contribution < -0.4 is 61.9 Å². The quantitative estimate of drug-likeness (QED) is 0.164. The Bertz CT molecular complexity index is 3520. The predicted octanol–water partition coefficient (Wildman–Crippen LogP) is 11.2. The number of nitrogens with zero attached hydrogens (tertiary/aromatic N) is 4. The third kappa shape index (κ3) is 4.29. The highest BCUT2D eigenvalue weighted by atomic mass is 16.5. The van der Waals surface area contributed by atoms with Crippen molar-refractivity contribution < 1.29 is 9.47 Å². The van der Waals surface area contributed by atoms with Gasteiger partial charge in [-0.25, -0.2) is 0 Å². The number of fused-ring (bicyclic) bond motifs is 3. The third-order valence-electron chi connectivity index (χ3n) is 14.7. The Morgan fingerprint density at radius 2 is 0.576 bits per heavy atom. The van der Waals surface area contributed by atoms with E-state index < -0.39 is 0 Å². The standard InChI is InChI=1S/C58H34B2N4O2/c1-5-17-36(18-6-1)61-40-25-13-27-42-51(40)59-53-44(61)29-15-31-48(53)65-57-50-35(33-46(55(57)59)63(42)38-21-9-3-10-22-38)34-47-56-58(50)66-49-32-16-30-45-54(49)60(56)52-41(62(45)37-19-7-2-8-20-37)26-14-28-43(52)64(47)39-23-11-4-12-24-39/h1-34H. The van der Waals surface area contributed by atoms with Gasteiger partial charge < -0.3 is 29.1 Å². The first kappa shape index (κ1) is 34.8. The van der Waals surface area contributed by atoms with Crippen LogP contribution in [0.1, 0.15) is 0 Å². The number of rotatable bonds is 4. The molecule has 0 spiro atoms. The summed E-state index contributed by atoms with van der Waals surface area (Å²) in [6.45, 7) is -0.170. The summed E-state index contributed by atoms with van der Waals surface area (Å²) in [5.41, 5.74) is 20.8. The second kappa shape index (κ2) is 12.6. The van der Waals surface area contributed by atoms with E-state index in [1.54, 1.807) is 0 Å². The molecule has 0 amide bonds. The monoisotopic (exact) mass is 840 g/mol. The SMILES string of the molecule is c1ccc(N2c3cccc4c3B3c5c2cccc5N(c2ccccc2)c2cc5cc6c7c(c5c(c23)O4)Oc2cccc3c2B7c2c(cccc2N6c2ccccc2)N3c2ccccc2)cc1. The Balaban J connectivity index is 1.04. The van der Waals surface area contributed by atoms with E-state index >= 15 is 0 Å². The van der Waals surface area contributed by atoms with Gasteiger partial charge in [0, 0.05) is 68.2 Å². The van der Waals surface area contributed by atoms with Crippen LogP contribution in [0.2, 0.25) is 0 Å². The summed E-state index contributed by atoms with van der Waals surface area (Å²) in [7, 11) is 0. The number of ether oxygens (including phenoxy) is 2. The highest BCUT2D eigenvalue weighted by molar-refractivity contribution is 7.03. The average molecular weight is 841 g/mol. The molecule has 304 valence electrons. The summed E-state index contributed by atoms with van der Waals surface area (Å²) in [6, 6.07) is 74.7. The molecule has 10 aromatic rings. The largest absolute Gasteiger partial charge is 0.457 e. The number of para-hydroxylation sites is 4. The Labute approximate surface area is 381 Å². The maximum Gasteiger partial charge on any atom is 0.261 e. The van der Waals surface area contributed by atoms with Crippen molar-refractivity contribution in [2.45, 2.75) is 0 Å². The third-order valence-corrected chi connectivity index (χ3v) is 14.7. The van der Waals surface area contributed by atoms with E-state index in [0.717, 1.165) is 90.2 Å². The molecular weight excluding hydrogens is 806 g/mol. The van der Waals surface area contributed by atoms with Crippen molar-refractivity contribution in [1.82, 2.24) is 0 Å². The molecule has 66 heavy (non-hydrogen) atoms. The topological polar surface area (TPSA) is 31.4 Å². The maximum atomic E-state index is 7.55. The van der Waals surface area contributed by atoms with Crippen LogP contribution >= 0.6 is 0 Å². The second-order valence-corrected chi connectivity index (χ2v) is 17.9. The van der Waals surface area contributed by atoms with Crippen LogP contribution in [0.5, 0.6) is 23.0 Å². The molecule has 0 aliphatic carbocycles. The average Bonchev–Trinajstić information content (AvgIpc) is 3.37. The minimum absolute atomic E-state index is 0.0848. The van der Waals surface area contributed by atoms with E-state index in [4.69, 9.17) is 9.47 Å². The fourth-order valence-corrected chi connectivity index (χ4v) is 12.3. The van der Waals surface area contributed by atoms with Gasteiger partial charge in [0.2, 0.25) is 0 Å². The molecule has 0 saturated heterocycles. The van der Waals surface area contributed by atoms with E-state index in [1.165, 1.54) is 44.6 Å². The molecule has 8 heteroatoms. The van der Waals surface area contributed by atoms with Crippen LogP contribution in [0, 0.1) is 0 Å². The van der Waals surface area contributed by atoms with E-state index in [-0.39, 0.29) is 13.4 Å². The van der Waals surface area contributed by atoms with Crippen molar-refractivity contribution in [2.24, 2.45) is 0 Å². The van der Waals surface area contributed by atoms with Gasteiger partial charge in [-0.2, -0.15) is 0 Å². The van der Waals surface area contributed by atoms with Crippen molar-refractivity contribution >= 4 is 125 Å². The molecule has 6 aliphatic heterocycles. The zero-order valence-corrected chi connectivity index (χ0v) is 35.4. The van der Waals surface area contributed by atoms with Crippen molar-refractivity contribution in [3.8, 4) is 23.0 Å². The van der Waals surface area contributed by atoms with E-state index in [9.17, 15) is 0 Å². The van der Waals surface area contributed by atoms with E-state index in [2.05, 4.69) is 226 Å². The van der Waals surface area contributed by atoms with Crippen molar-refractivity contribution in [1.29, 1.82) is 0 Å². The number of benzene rings is 10. The summed E-state index contributed by atoms with van der Waals surface area (Å²) in [5, 5.41) is 2.06. The molecule has 10 aromatic carbocycles. The molecule has 0 unspecified atom stereocenters. The Kier molecular flexibility index (Phi) is 6.62. The fraction of sp³-hybridized carbons (Fsp3) is 0. The lowest BCUT2D eigenvalue weighted by Gasteiger charge is -2.48. The molecule has 0 bridgehead atoms. The lowest BCUT2D eigenvalue weighted by atomic mass is 9.31.